The van der Waals surface area contributed by atoms with Gasteiger partial charge in [-0.3, -0.25) is 20.4 Å². The maximum atomic E-state index is 12.6. The van der Waals surface area contributed by atoms with Gasteiger partial charge in [-0.25, -0.2) is 13.2 Å². The Hall–Kier alpha value is -3.50. The quantitative estimate of drug-likeness (QED) is 0.443. The molecule has 10 heteroatoms. The molecule has 1 heterocycles. The second kappa shape index (κ2) is 9.11. The minimum Gasteiger partial charge on any atom is -0.422 e. The van der Waals surface area contributed by atoms with Crippen molar-refractivity contribution < 1.29 is 22.4 Å². The van der Waals surface area contributed by atoms with E-state index in [0.717, 1.165) is 0 Å². The number of rotatable bonds is 6. The monoisotopic (exact) mass is 443 g/mol. The molecule has 3 rings (SSSR count). The number of hydrogen-bond donors (Lipinski definition) is 2. The highest BCUT2D eigenvalue weighted by Gasteiger charge is 2.23. The molecule has 31 heavy (non-hydrogen) atoms. The third-order valence-corrected chi connectivity index (χ3v) is 6.66. The summed E-state index contributed by atoms with van der Waals surface area (Å²) in [4.78, 5) is 36.8. The molecule has 2 aromatic carbocycles. The molecule has 0 atom stereocenters. The summed E-state index contributed by atoms with van der Waals surface area (Å²) < 4.78 is 31.7. The molecule has 0 fully saturated rings. The van der Waals surface area contributed by atoms with Crippen molar-refractivity contribution >= 4 is 32.8 Å². The number of amides is 2. The van der Waals surface area contributed by atoms with Crippen molar-refractivity contribution in [2.75, 3.05) is 13.1 Å². The fourth-order valence-corrected chi connectivity index (χ4v) is 4.49. The molecule has 0 unspecified atom stereocenters. The van der Waals surface area contributed by atoms with Crippen molar-refractivity contribution in [3.05, 3.63) is 76.1 Å². The lowest BCUT2D eigenvalue weighted by molar-refractivity contribution is 0.0844. The maximum Gasteiger partial charge on any atom is 0.349 e. The smallest absolute Gasteiger partial charge is 0.349 e. The zero-order chi connectivity index (χ0) is 22.6. The van der Waals surface area contributed by atoms with Crippen molar-refractivity contribution in [3.8, 4) is 0 Å². The van der Waals surface area contributed by atoms with E-state index in [2.05, 4.69) is 10.9 Å². The number of carbonyl (C=O) groups is 2. The second-order valence-electron chi connectivity index (χ2n) is 6.51. The standard InChI is InChI=1S/C21H21N3O6S/c1-3-24(4-2)31(28,29)16-10-7-9-15(12-16)19(25)22-23-20(26)17-13-14-8-5-6-11-18(14)30-21(17)27/h5-13H,3-4H2,1-2H3,(H,22,25)(H,23,26). The highest BCUT2D eigenvalue weighted by atomic mass is 32.2. The Balaban J connectivity index is 1.76. The highest BCUT2D eigenvalue weighted by Crippen LogP contribution is 2.17. The summed E-state index contributed by atoms with van der Waals surface area (Å²) in [7, 11) is -3.75. The average Bonchev–Trinajstić information content (AvgIpc) is 2.77. The predicted octanol–water partition coefficient (Wildman–Crippen LogP) is 1.90. The number of nitrogens with zero attached hydrogens (tertiary/aromatic N) is 1. The third-order valence-electron chi connectivity index (χ3n) is 4.62. The van der Waals surface area contributed by atoms with E-state index in [-0.39, 0.29) is 16.0 Å². The minimum absolute atomic E-state index is 0.0269. The van der Waals surface area contributed by atoms with E-state index >= 15 is 0 Å². The molecular formula is C21H21N3O6S. The summed E-state index contributed by atoms with van der Waals surface area (Å²) in [5.41, 5.74) is 3.56. The number of sulfonamides is 1. The molecule has 0 radical (unpaired) electrons. The molecule has 0 aliphatic rings. The van der Waals surface area contributed by atoms with Crippen LogP contribution < -0.4 is 16.5 Å². The van der Waals surface area contributed by atoms with Crippen LogP contribution in [0.15, 0.2) is 68.7 Å². The van der Waals surface area contributed by atoms with Gasteiger partial charge in [0.15, 0.2) is 0 Å². The molecule has 0 aliphatic heterocycles. The zero-order valence-electron chi connectivity index (χ0n) is 16.9. The number of nitrogens with one attached hydrogen (secondary N) is 2. The molecule has 1 aromatic heterocycles. The Morgan fingerprint density at radius 3 is 2.32 bits per heavy atom. The van der Waals surface area contributed by atoms with Crippen molar-refractivity contribution in [1.82, 2.24) is 15.2 Å². The molecular weight excluding hydrogens is 422 g/mol. The fraction of sp³-hybridized carbons (Fsp3) is 0.190. The van der Waals surface area contributed by atoms with Gasteiger partial charge in [0.25, 0.3) is 11.8 Å². The van der Waals surface area contributed by atoms with Gasteiger partial charge < -0.3 is 4.42 Å². The van der Waals surface area contributed by atoms with Gasteiger partial charge in [-0.1, -0.05) is 38.1 Å². The van der Waals surface area contributed by atoms with Crippen LogP contribution in [0.4, 0.5) is 0 Å². The van der Waals surface area contributed by atoms with Gasteiger partial charge in [-0.2, -0.15) is 4.31 Å². The number of hydrogen-bond acceptors (Lipinski definition) is 6. The summed E-state index contributed by atoms with van der Waals surface area (Å²) in [6.07, 6.45) is 0. The Bertz CT molecular complexity index is 1300. The lowest BCUT2D eigenvalue weighted by Crippen LogP contribution is -2.43. The van der Waals surface area contributed by atoms with Crippen LogP contribution in [0.2, 0.25) is 0 Å². The molecule has 0 aliphatic carbocycles. The first-order valence-corrected chi connectivity index (χ1v) is 11.0. The molecule has 3 aromatic rings. The maximum absolute atomic E-state index is 12.6. The highest BCUT2D eigenvalue weighted by molar-refractivity contribution is 7.89. The average molecular weight is 443 g/mol. The summed E-state index contributed by atoms with van der Waals surface area (Å²) in [6, 6.07) is 13.5. The van der Waals surface area contributed by atoms with Gasteiger partial charge in [0.1, 0.15) is 11.1 Å². The van der Waals surface area contributed by atoms with Gasteiger partial charge >= 0.3 is 5.63 Å². The van der Waals surface area contributed by atoms with Crippen molar-refractivity contribution in [1.29, 1.82) is 0 Å². The largest absolute Gasteiger partial charge is 0.422 e. The molecule has 0 bridgehead atoms. The fourth-order valence-electron chi connectivity index (χ4n) is 2.98. The van der Waals surface area contributed by atoms with E-state index in [0.29, 0.717) is 24.1 Å². The molecule has 2 amide bonds. The first kappa shape index (κ1) is 22.2. The molecule has 0 saturated carbocycles. The number of carbonyl (C=O) groups excluding carboxylic acids is 2. The Morgan fingerprint density at radius 2 is 1.61 bits per heavy atom. The van der Waals surface area contributed by atoms with Gasteiger partial charge in [0.05, 0.1) is 4.90 Å². The third kappa shape index (κ3) is 4.65. The Kier molecular flexibility index (Phi) is 6.52. The number of hydrazine groups is 1. The lowest BCUT2D eigenvalue weighted by atomic mass is 10.2. The van der Waals surface area contributed by atoms with E-state index in [4.69, 9.17) is 4.42 Å². The molecule has 0 saturated heterocycles. The van der Waals surface area contributed by atoms with Crippen LogP contribution in [0.5, 0.6) is 0 Å². The van der Waals surface area contributed by atoms with Crippen molar-refractivity contribution in [3.63, 3.8) is 0 Å². The first-order chi connectivity index (χ1) is 14.8. The summed E-state index contributed by atoms with van der Waals surface area (Å²) in [6.45, 7) is 4.02. The van der Waals surface area contributed by atoms with E-state index in [1.165, 1.54) is 34.6 Å². The van der Waals surface area contributed by atoms with Crippen LogP contribution in [-0.4, -0.2) is 37.6 Å². The normalized spacial score (nSPS) is 11.5. The van der Waals surface area contributed by atoms with Crippen LogP contribution in [0.1, 0.15) is 34.6 Å². The van der Waals surface area contributed by atoms with Crippen LogP contribution in [-0.2, 0) is 10.0 Å². The van der Waals surface area contributed by atoms with Crippen molar-refractivity contribution in [2.45, 2.75) is 18.7 Å². The van der Waals surface area contributed by atoms with E-state index in [1.807, 2.05) is 0 Å². The first-order valence-electron chi connectivity index (χ1n) is 9.51. The van der Waals surface area contributed by atoms with Crippen molar-refractivity contribution in [2.24, 2.45) is 0 Å². The summed E-state index contributed by atoms with van der Waals surface area (Å²) in [5.74, 6) is -1.60. The number of para-hydroxylation sites is 1. The summed E-state index contributed by atoms with van der Waals surface area (Å²) in [5, 5.41) is 0.549. The van der Waals surface area contributed by atoms with Gasteiger partial charge in [-0.15, -0.1) is 0 Å². The zero-order valence-corrected chi connectivity index (χ0v) is 17.7. The topological polar surface area (TPSA) is 126 Å². The molecule has 2 N–H and O–H groups in total. The second-order valence-corrected chi connectivity index (χ2v) is 8.45. The molecule has 0 spiro atoms. The predicted molar refractivity (Wildman–Crippen MR) is 114 cm³/mol. The molecule has 162 valence electrons. The number of fused-ring (bicyclic) bond motifs is 1. The van der Waals surface area contributed by atoms with Gasteiger partial charge in [-0.05, 0) is 30.3 Å². The lowest BCUT2D eigenvalue weighted by Gasteiger charge is -2.18. The van der Waals surface area contributed by atoms with Gasteiger partial charge in [0.2, 0.25) is 10.0 Å². The van der Waals surface area contributed by atoms with Crippen LogP contribution in [0, 0.1) is 0 Å². The summed E-state index contributed by atoms with van der Waals surface area (Å²) >= 11 is 0. The minimum atomic E-state index is -3.75. The molecule has 9 nitrogen and oxygen atoms in total. The van der Waals surface area contributed by atoms with Crippen LogP contribution in [0.25, 0.3) is 11.0 Å². The SMILES string of the molecule is CCN(CC)S(=O)(=O)c1cccc(C(=O)NNC(=O)c2cc3ccccc3oc2=O)c1. The van der Waals surface area contributed by atoms with E-state index in [9.17, 15) is 22.8 Å². The Labute approximate surface area is 178 Å². The van der Waals surface area contributed by atoms with Crippen LogP contribution >= 0.6 is 0 Å². The van der Waals surface area contributed by atoms with Crippen LogP contribution in [0.3, 0.4) is 0 Å². The Morgan fingerprint density at radius 1 is 0.935 bits per heavy atom. The van der Waals surface area contributed by atoms with Gasteiger partial charge in [0, 0.05) is 24.0 Å². The van der Waals surface area contributed by atoms with E-state index in [1.54, 1.807) is 38.1 Å². The van der Waals surface area contributed by atoms with E-state index < -0.39 is 27.5 Å². The number of benzene rings is 2.